The summed E-state index contributed by atoms with van der Waals surface area (Å²) in [6.45, 7) is 4.72. The lowest BCUT2D eigenvalue weighted by atomic mass is 9.89. The van der Waals surface area contributed by atoms with E-state index in [0.717, 1.165) is 22.4 Å². The van der Waals surface area contributed by atoms with Crippen molar-refractivity contribution in [2.75, 3.05) is 34.2 Å². The van der Waals surface area contributed by atoms with Crippen LogP contribution in [0.1, 0.15) is 12.8 Å². The number of hydrogen-bond donors (Lipinski definition) is 3. The third kappa shape index (κ3) is 5.90. The number of rotatable bonds is 8. The van der Waals surface area contributed by atoms with Gasteiger partial charge in [-0.05, 0) is 22.8 Å². The van der Waals surface area contributed by atoms with Gasteiger partial charge in [-0.25, -0.2) is 5.43 Å². The molecule has 0 aromatic heterocycles. The van der Waals surface area contributed by atoms with E-state index in [1.54, 1.807) is 13.1 Å². The molecule has 9 heteroatoms. The van der Waals surface area contributed by atoms with Gasteiger partial charge in [-0.2, -0.15) is 10.2 Å². The summed E-state index contributed by atoms with van der Waals surface area (Å²) in [5.74, 6) is -0.272. The number of nitrogens with one attached hydrogen (secondary N) is 2. The highest BCUT2D eigenvalue weighted by Crippen LogP contribution is 2.29. The van der Waals surface area contributed by atoms with Crippen LogP contribution in [0.5, 0.6) is 0 Å². The molecule has 2 unspecified atom stereocenters. The zero-order valence-electron chi connectivity index (χ0n) is 17.7. The predicted molar refractivity (Wildman–Crippen MR) is 125 cm³/mol. The largest absolute Gasteiger partial charge is 0.391 e. The van der Waals surface area contributed by atoms with Crippen molar-refractivity contribution in [2.24, 2.45) is 26.8 Å². The van der Waals surface area contributed by atoms with Crippen molar-refractivity contribution >= 4 is 35.6 Å². The fourth-order valence-electron chi connectivity index (χ4n) is 3.41. The van der Waals surface area contributed by atoms with Crippen molar-refractivity contribution in [1.82, 2.24) is 15.8 Å². The molecule has 2 heterocycles. The molecule has 0 saturated carbocycles. The van der Waals surface area contributed by atoms with Gasteiger partial charge in [0.05, 0.1) is 30.0 Å². The van der Waals surface area contributed by atoms with Gasteiger partial charge in [0.2, 0.25) is 5.91 Å². The number of aliphatic imine (C=N–C) groups is 1. The molecule has 8 nitrogen and oxygen atoms in total. The number of hydrazone groups is 2. The minimum absolute atomic E-state index is 0.1000. The second-order valence-electron chi connectivity index (χ2n) is 6.94. The molecule has 0 aromatic carbocycles. The fraction of sp³-hybridized carbons (Fsp3) is 0.429. The molecule has 1 amide bonds. The van der Waals surface area contributed by atoms with E-state index in [9.17, 15) is 4.79 Å². The molecule has 0 aliphatic carbocycles. The summed E-state index contributed by atoms with van der Waals surface area (Å²) in [5.41, 5.74) is 12.6. The Morgan fingerprint density at radius 3 is 2.93 bits per heavy atom. The second-order valence-corrected chi connectivity index (χ2v) is 7.50. The number of carbonyl (C=O) groups excluding carboxylic acids is 1. The van der Waals surface area contributed by atoms with Gasteiger partial charge in [0, 0.05) is 52.2 Å². The predicted octanol–water partition coefficient (Wildman–Crippen LogP) is 1.58. The third-order valence-electron chi connectivity index (χ3n) is 4.86. The number of alkyl halides is 1. The molecule has 2 aliphatic rings. The quantitative estimate of drug-likeness (QED) is 0.308. The highest BCUT2D eigenvalue weighted by molar-refractivity contribution is 6.22. The molecule has 0 spiro atoms. The van der Waals surface area contributed by atoms with Crippen molar-refractivity contribution in [3.63, 3.8) is 0 Å². The highest BCUT2D eigenvalue weighted by atomic mass is 35.5. The van der Waals surface area contributed by atoms with Crippen LogP contribution in [0, 0.1) is 5.92 Å². The van der Waals surface area contributed by atoms with Gasteiger partial charge >= 0.3 is 0 Å². The first-order valence-electron chi connectivity index (χ1n) is 9.75. The van der Waals surface area contributed by atoms with Crippen molar-refractivity contribution in [1.29, 1.82) is 0 Å². The maximum absolute atomic E-state index is 11.9. The van der Waals surface area contributed by atoms with E-state index in [-0.39, 0.29) is 30.2 Å². The summed E-state index contributed by atoms with van der Waals surface area (Å²) in [4.78, 5) is 16.1. The van der Waals surface area contributed by atoms with Crippen LogP contribution in [-0.4, -0.2) is 68.7 Å². The van der Waals surface area contributed by atoms with E-state index in [0.29, 0.717) is 18.7 Å². The van der Waals surface area contributed by atoms with Gasteiger partial charge in [-0.15, -0.1) is 11.6 Å². The van der Waals surface area contributed by atoms with Crippen molar-refractivity contribution < 1.29 is 4.79 Å². The molecule has 2 aliphatic heterocycles. The van der Waals surface area contributed by atoms with Crippen LogP contribution >= 0.6 is 11.6 Å². The molecule has 0 fully saturated rings. The zero-order valence-corrected chi connectivity index (χ0v) is 18.5. The van der Waals surface area contributed by atoms with Gasteiger partial charge in [0.15, 0.2) is 0 Å². The number of nitrogens with zero attached hydrogens (tertiary/aromatic N) is 4. The number of carbonyl (C=O) groups is 1. The van der Waals surface area contributed by atoms with Gasteiger partial charge in [0.1, 0.15) is 0 Å². The Kier molecular flexibility index (Phi) is 9.01. The summed E-state index contributed by atoms with van der Waals surface area (Å²) >= 11 is 6.68. The molecule has 2 atom stereocenters. The number of amides is 1. The van der Waals surface area contributed by atoms with Gasteiger partial charge in [-0.3, -0.25) is 9.80 Å². The Morgan fingerprint density at radius 1 is 1.57 bits per heavy atom. The summed E-state index contributed by atoms with van der Waals surface area (Å²) in [5, 5.41) is 13.5. The molecular weight excluding hydrogens is 402 g/mol. The number of halogens is 1. The van der Waals surface area contributed by atoms with Gasteiger partial charge < -0.3 is 16.0 Å². The first kappa shape index (κ1) is 23.6. The van der Waals surface area contributed by atoms with E-state index < -0.39 is 0 Å². The van der Waals surface area contributed by atoms with E-state index >= 15 is 0 Å². The molecule has 0 saturated heterocycles. The topological polar surface area (TPSA) is 107 Å². The smallest absolute Gasteiger partial charge is 0.244 e. The van der Waals surface area contributed by atoms with Gasteiger partial charge in [-0.1, -0.05) is 18.7 Å². The Balaban J connectivity index is 2.62. The average molecular weight is 432 g/mol. The Labute approximate surface area is 183 Å². The standard InChI is InChI=1S/C21H30ClN7O/c1-5-6-14(9-15-10-20(30)28-27-19(15)11-23)16(7-8-24-2)21(25-3)17-12-26-29(4)13-18(17)22/h5-6,8-9,12,17-18,25H,1,7,10-11,13,23H2,2-4H3,(H,28,30)/b14-6+,15-9+,21-16+,24-8?. The Bertz CT molecular complexity index is 838. The minimum Gasteiger partial charge on any atom is -0.391 e. The summed E-state index contributed by atoms with van der Waals surface area (Å²) < 4.78 is 0. The average Bonchev–Trinajstić information content (AvgIpc) is 2.72. The molecular formula is C21H30ClN7O. The van der Waals surface area contributed by atoms with E-state index in [1.165, 1.54) is 0 Å². The maximum atomic E-state index is 11.9. The van der Waals surface area contributed by atoms with Crippen LogP contribution in [0.4, 0.5) is 0 Å². The van der Waals surface area contributed by atoms with Crippen LogP contribution in [0.15, 0.2) is 62.4 Å². The molecule has 0 radical (unpaired) electrons. The summed E-state index contributed by atoms with van der Waals surface area (Å²) in [6.07, 6.45) is 10.0. The first-order valence-corrected chi connectivity index (χ1v) is 10.2. The molecule has 162 valence electrons. The van der Waals surface area contributed by atoms with Crippen LogP contribution in [0.2, 0.25) is 0 Å². The van der Waals surface area contributed by atoms with Crippen LogP contribution < -0.4 is 16.5 Å². The first-order chi connectivity index (χ1) is 14.4. The summed E-state index contributed by atoms with van der Waals surface area (Å²) in [6, 6.07) is 0. The monoisotopic (exact) mass is 431 g/mol. The summed E-state index contributed by atoms with van der Waals surface area (Å²) in [7, 11) is 5.50. The molecule has 30 heavy (non-hydrogen) atoms. The van der Waals surface area contributed by atoms with Gasteiger partial charge in [0.25, 0.3) is 0 Å². The van der Waals surface area contributed by atoms with Crippen molar-refractivity contribution in [3.8, 4) is 0 Å². The molecule has 0 aromatic rings. The minimum atomic E-state index is -0.172. The molecule has 0 bridgehead atoms. The van der Waals surface area contributed by atoms with E-state index in [4.69, 9.17) is 17.3 Å². The lowest BCUT2D eigenvalue weighted by molar-refractivity contribution is -0.120. The van der Waals surface area contributed by atoms with Crippen molar-refractivity contribution in [2.45, 2.75) is 18.2 Å². The second kappa shape index (κ2) is 11.5. The SMILES string of the molecule is C=C/C=C(\C=C1/CC(=O)NN=C1CN)C(/CC=NC)=C(/NC)C1C=NN(C)CC1Cl. The molecule has 4 N–H and O–H groups in total. The van der Waals surface area contributed by atoms with Crippen LogP contribution in [0.25, 0.3) is 0 Å². The lowest BCUT2D eigenvalue weighted by Gasteiger charge is -2.31. The maximum Gasteiger partial charge on any atom is 0.244 e. The van der Waals surface area contributed by atoms with E-state index in [1.807, 2.05) is 43.7 Å². The lowest BCUT2D eigenvalue weighted by Crippen LogP contribution is -2.38. The van der Waals surface area contributed by atoms with Crippen LogP contribution in [0.3, 0.4) is 0 Å². The third-order valence-corrected chi connectivity index (χ3v) is 5.27. The normalized spacial score (nSPS) is 24.6. The zero-order chi connectivity index (χ0) is 22.1. The van der Waals surface area contributed by atoms with Crippen LogP contribution in [-0.2, 0) is 4.79 Å². The number of nitrogens with two attached hydrogens (primary N) is 1. The Hall–Kier alpha value is -2.71. The van der Waals surface area contributed by atoms with E-state index in [2.05, 4.69) is 32.5 Å². The van der Waals surface area contributed by atoms with Crippen molar-refractivity contribution in [3.05, 3.63) is 47.2 Å². The highest BCUT2D eigenvalue weighted by Gasteiger charge is 2.29. The number of allylic oxidation sites excluding steroid dienone is 6. The fourth-order valence-corrected chi connectivity index (χ4v) is 3.80. The number of hydrogen-bond acceptors (Lipinski definition) is 7. The Morgan fingerprint density at radius 2 is 2.33 bits per heavy atom. The molecule has 2 rings (SSSR count).